The number of hydrogen-bond donors (Lipinski definition) is 1. The number of piperidine rings is 1. The van der Waals surface area contributed by atoms with E-state index in [2.05, 4.69) is 31.5 Å². The van der Waals surface area contributed by atoms with E-state index >= 15 is 0 Å². The highest BCUT2D eigenvalue weighted by molar-refractivity contribution is 6.33. The lowest BCUT2D eigenvalue weighted by atomic mass is 10.0. The van der Waals surface area contributed by atoms with Crippen LogP contribution in [0.5, 0.6) is 0 Å². The van der Waals surface area contributed by atoms with Gasteiger partial charge in [0.1, 0.15) is 17.6 Å². The van der Waals surface area contributed by atoms with Gasteiger partial charge in [-0.25, -0.2) is 14.5 Å². The van der Waals surface area contributed by atoms with Crippen LogP contribution in [-0.2, 0) is 7.05 Å². The minimum atomic E-state index is -0.243. The first kappa shape index (κ1) is 23.3. The lowest BCUT2D eigenvalue weighted by molar-refractivity contribution is 0.0942. The lowest BCUT2D eigenvalue weighted by Crippen LogP contribution is -2.35. The van der Waals surface area contributed by atoms with Crippen LogP contribution >= 0.6 is 11.6 Å². The van der Waals surface area contributed by atoms with Crippen molar-refractivity contribution in [1.82, 2.24) is 39.7 Å². The molecule has 1 amide bonds. The van der Waals surface area contributed by atoms with E-state index in [0.717, 1.165) is 35.6 Å². The van der Waals surface area contributed by atoms with Gasteiger partial charge in [-0.15, -0.1) is 0 Å². The number of anilines is 1. The predicted octanol–water partition coefficient (Wildman–Crippen LogP) is 2.98. The van der Waals surface area contributed by atoms with Crippen molar-refractivity contribution in [2.75, 3.05) is 18.0 Å². The maximum absolute atomic E-state index is 12.6. The summed E-state index contributed by atoms with van der Waals surface area (Å²) in [4.78, 5) is 28.3. The zero-order chi connectivity index (χ0) is 26.7. The summed E-state index contributed by atoms with van der Waals surface area (Å²) >= 11 is 6.12. The van der Waals surface area contributed by atoms with E-state index in [1.807, 2.05) is 25.5 Å². The zero-order valence-corrected chi connectivity index (χ0v) is 21.5. The van der Waals surface area contributed by atoms with E-state index in [4.69, 9.17) is 21.6 Å². The first-order chi connectivity index (χ1) is 19.0. The van der Waals surface area contributed by atoms with Crippen molar-refractivity contribution in [1.29, 1.82) is 5.26 Å². The van der Waals surface area contributed by atoms with Crippen LogP contribution in [0.25, 0.3) is 27.9 Å². The molecule has 5 aromatic rings. The normalized spacial score (nSPS) is 19.6. The van der Waals surface area contributed by atoms with E-state index in [1.165, 1.54) is 0 Å². The maximum Gasteiger partial charge on any atom is 0.271 e. The van der Waals surface area contributed by atoms with E-state index in [-0.39, 0.29) is 17.6 Å². The molecule has 3 atom stereocenters. The van der Waals surface area contributed by atoms with Gasteiger partial charge in [0.15, 0.2) is 0 Å². The lowest BCUT2D eigenvalue weighted by Gasteiger charge is -2.21. The van der Waals surface area contributed by atoms with Crippen LogP contribution in [0.1, 0.15) is 16.1 Å². The van der Waals surface area contributed by atoms with Gasteiger partial charge >= 0.3 is 0 Å². The Kier molecular flexibility index (Phi) is 5.31. The fourth-order valence-electron chi connectivity index (χ4n) is 5.45. The molecule has 1 N–H and O–H groups in total. The van der Waals surface area contributed by atoms with Gasteiger partial charge in [0, 0.05) is 73.3 Å². The molecule has 0 spiro atoms. The summed E-state index contributed by atoms with van der Waals surface area (Å²) in [6.45, 7) is 1.56. The first-order valence-corrected chi connectivity index (χ1v) is 12.8. The average Bonchev–Trinajstić information content (AvgIpc) is 3.40. The standard InChI is InChI=1S/C27H21ClN10O/c1-36-11-17(8-33-36)15-5-18(26-16(6-29)7-34-38(26)12-15)22-9-32-23(10-31-22)37-13-19-20(14-37)24(19)35-27(39)25-21(28)3-2-4-30-25/h2-5,7-12,19-20,24H,13-14H2,1H3,(H,35,39)/t19-,20+,24?. The van der Waals surface area contributed by atoms with Crippen LogP contribution in [0.2, 0.25) is 5.02 Å². The Hall–Kier alpha value is -4.82. The van der Waals surface area contributed by atoms with Crippen molar-refractivity contribution >= 4 is 28.8 Å². The quantitative estimate of drug-likeness (QED) is 0.363. The second kappa shape index (κ2) is 8.89. The highest BCUT2D eigenvalue weighted by Crippen LogP contribution is 2.46. The van der Waals surface area contributed by atoms with Gasteiger partial charge in [0.05, 0.1) is 46.6 Å². The van der Waals surface area contributed by atoms with Crippen LogP contribution in [-0.4, -0.2) is 59.4 Å². The van der Waals surface area contributed by atoms with Gasteiger partial charge in [0.2, 0.25) is 0 Å². The maximum atomic E-state index is 12.6. The van der Waals surface area contributed by atoms with Crippen LogP contribution in [0, 0.1) is 23.2 Å². The number of aromatic nitrogens is 7. The summed E-state index contributed by atoms with van der Waals surface area (Å²) in [5, 5.41) is 21.7. The van der Waals surface area contributed by atoms with Crippen LogP contribution in [0.3, 0.4) is 0 Å². The number of pyridine rings is 2. The number of halogens is 1. The average molecular weight is 537 g/mol. The second-order valence-corrected chi connectivity index (χ2v) is 10.2. The smallest absolute Gasteiger partial charge is 0.271 e. The van der Waals surface area contributed by atoms with Crippen LogP contribution < -0.4 is 10.2 Å². The molecular formula is C27H21ClN10O. The summed E-state index contributed by atoms with van der Waals surface area (Å²) < 4.78 is 3.44. The fourth-order valence-corrected chi connectivity index (χ4v) is 5.66. The molecule has 0 bridgehead atoms. The highest BCUT2D eigenvalue weighted by Gasteiger charge is 2.57. The van der Waals surface area contributed by atoms with Gasteiger partial charge in [-0.05, 0) is 18.2 Å². The number of amides is 1. The molecule has 2 fully saturated rings. The molecule has 1 aliphatic heterocycles. The minimum absolute atomic E-state index is 0.105. The summed E-state index contributed by atoms with van der Waals surface area (Å²) in [5.74, 6) is 1.22. The fraction of sp³-hybridized carbons (Fsp3) is 0.222. The molecule has 0 aromatic carbocycles. The number of carbonyl (C=O) groups is 1. The van der Waals surface area contributed by atoms with E-state index in [9.17, 15) is 10.1 Å². The molecule has 1 saturated carbocycles. The molecule has 39 heavy (non-hydrogen) atoms. The van der Waals surface area contributed by atoms with Gasteiger partial charge in [0.25, 0.3) is 5.91 Å². The number of nitriles is 1. The minimum Gasteiger partial charge on any atom is -0.355 e. The number of carbonyl (C=O) groups excluding carboxylic acids is 1. The zero-order valence-electron chi connectivity index (χ0n) is 20.7. The van der Waals surface area contributed by atoms with Crippen LogP contribution in [0.15, 0.2) is 61.6 Å². The summed E-state index contributed by atoms with van der Waals surface area (Å²) in [6, 6.07) is 7.68. The molecule has 0 radical (unpaired) electrons. The van der Waals surface area contributed by atoms with Crippen molar-refractivity contribution in [3.63, 3.8) is 0 Å². The number of fused-ring (bicyclic) bond motifs is 2. The summed E-state index contributed by atoms with van der Waals surface area (Å²) in [7, 11) is 1.86. The Morgan fingerprint density at radius 2 is 1.92 bits per heavy atom. The highest BCUT2D eigenvalue weighted by atomic mass is 35.5. The number of hydrogen-bond acceptors (Lipinski definition) is 8. The first-order valence-electron chi connectivity index (χ1n) is 12.4. The molecule has 1 saturated heterocycles. The summed E-state index contributed by atoms with van der Waals surface area (Å²) in [5.41, 5.74) is 4.65. The van der Waals surface area contributed by atoms with E-state index in [0.29, 0.717) is 33.6 Å². The van der Waals surface area contributed by atoms with Gasteiger partial charge in [-0.2, -0.15) is 15.5 Å². The number of nitrogens with zero attached hydrogens (tertiary/aromatic N) is 9. The molecular weight excluding hydrogens is 516 g/mol. The van der Waals surface area contributed by atoms with Crippen molar-refractivity contribution in [2.45, 2.75) is 6.04 Å². The Bertz CT molecular complexity index is 1770. The van der Waals surface area contributed by atoms with Gasteiger partial charge in [-0.1, -0.05) is 11.6 Å². The molecule has 1 aliphatic carbocycles. The number of nitrogens with one attached hydrogen (secondary N) is 1. The monoisotopic (exact) mass is 536 g/mol. The van der Waals surface area contributed by atoms with Crippen molar-refractivity contribution in [2.24, 2.45) is 18.9 Å². The molecule has 192 valence electrons. The Morgan fingerprint density at radius 3 is 2.62 bits per heavy atom. The SMILES string of the molecule is Cn1cc(-c2cc(-c3cnc(N4C[C@@H]5C(NC(=O)c6ncccc6Cl)[C@@H]5C4)cn3)c3c(C#N)cnn3c2)cn1. The molecule has 11 nitrogen and oxygen atoms in total. The van der Waals surface area contributed by atoms with Crippen molar-refractivity contribution in [3.05, 3.63) is 77.9 Å². The second-order valence-electron chi connectivity index (χ2n) is 9.83. The third-order valence-corrected chi connectivity index (χ3v) is 7.78. The van der Waals surface area contributed by atoms with E-state index < -0.39 is 0 Å². The third-order valence-electron chi connectivity index (χ3n) is 7.47. The van der Waals surface area contributed by atoms with Crippen molar-refractivity contribution < 1.29 is 4.79 Å². The number of aryl methyl sites for hydroxylation is 1. The van der Waals surface area contributed by atoms with Crippen molar-refractivity contribution in [3.8, 4) is 28.5 Å². The largest absolute Gasteiger partial charge is 0.355 e. The molecule has 2 aliphatic rings. The van der Waals surface area contributed by atoms with Gasteiger partial charge < -0.3 is 10.2 Å². The predicted molar refractivity (Wildman–Crippen MR) is 143 cm³/mol. The Labute approximate surface area is 227 Å². The van der Waals surface area contributed by atoms with E-state index in [1.54, 1.807) is 52.3 Å². The molecule has 1 unspecified atom stereocenters. The summed E-state index contributed by atoms with van der Waals surface area (Å²) in [6.07, 6.45) is 12.2. The third kappa shape index (κ3) is 3.97. The Morgan fingerprint density at radius 1 is 1.08 bits per heavy atom. The molecule has 5 aromatic heterocycles. The topological polar surface area (TPSA) is 130 Å². The van der Waals surface area contributed by atoms with Gasteiger partial charge in [-0.3, -0.25) is 14.5 Å². The molecule has 12 heteroatoms. The number of rotatable bonds is 5. The van der Waals surface area contributed by atoms with Crippen LogP contribution in [0.4, 0.5) is 5.82 Å². The Balaban J connectivity index is 1.10. The molecule has 7 rings (SSSR count). The molecule has 6 heterocycles.